The summed E-state index contributed by atoms with van der Waals surface area (Å²) >= 11 is 0. The van der Waals surface area contributed by atoms with Crippen molar-refractivity contribution in [1.82, 2.24) is 5.32 Å². The molecule has 1 nitrogen and oxygen atoms in total. The normalized spacial score (nSPS) is 27.7. The second-order valence-corrected chi connectivity index (χ2v) is 5.33. The van der Waals surface area contributed by atoms with Crippen LogP contribution in [0.2, 0.25) is 0 Å². The van der Waals surface area contributed by atoms with Crippen LogP contribution < -0.4 is 5.32 Å². The molecule has 1 saturated carbocycles. The summed E-state index contributed by atoms with van der Waals surface area (Å²) in [5.41, 5.74) is 0.464. The van der Waals surface area contributed by atoms with Crippen LogP contribution in [0.4, 0.5) is 13.2 Å². The molecule has 2 rings (SSSR count). The smallest absolute Gasteiger partial charge is 0.314 e. The summed E-state index contributed by atoms with van der Waals surface area (Å²) in [5.74, 6) is 0.836. The molecule has 0 aromatic heterocycles. The predicted molar refractivity (Wildman–Crippen MR) is 70.0 cm³/mol. The van der Waals surface area contributed by atoms with E-state index in [1.54, 1.807) is 12.1 Å². The lowest BCUT2D eigenvalue weighted by Gasteiger charge is -2.22. The first kappa shape index (κ1) is 14.4. The number of hydrogen-bond donors (Lipinski definition) is 1. The van der Waals surface area contributed by atoms with Crippen molar-refractivity contribution < 1.29 is 13.2 Å². The molecule has 1 fully saturated rings. The molecule has 0 saturated heterocycles. The molecule has 1 N–H and O–H groups in total. The molecule has 106 valence electrons. The van der Waals surface area contributed by atoms with Crippen LogP contribution in [-0.2, 0) is 6.18 Å². The van der Waals surface area contributed by atoms with Crippen LogP contribution in [-0.4, -0.2) is 12.6 Å². The highest BCUT2D eigenvalue weighted by molar-refractivity contribution is 5.28. The van der Waals surface area contributed by atoms with Crippen molar-refractivity contribution >= 4 is 0 Å². The van der Waals surface area contributed by atoms with Crippen molar-refractivity contribution in [2.24, 2.45) is 5.92 Å². The van der Waals surface area contributed by atoms with Crippen LogP contribution in [0.3, 0.4) is 0 Å². The van der Waals surface area contributed by atoms with E-state index in [0.29, 0.717) is 17.9 Å². The van der Waals surface area contributed by atoms with E-state index >= 15 is 0 Å². The van der Waals surface area contributed by atoms with E-state index in [9.17, 15) is 13.2 Å². The summed E-state index contributed by atoms with van der Waals surface area (Å²) in [5, 5.41) is 3.45. The standard InChI is InChI=1S/C15H20F3N/c1-3-19-14-9-8-13(10(14)2)11-4-6-12(7-5-11)15(16,17)18/h4-7,10,13-14,19H,3,8-9H2,1-2H3. The molecule has 0 heterocycles. The van der Waals surface area contributed by atoms with Crippen molar-refractivity contribution in [3.63, 3.8) is 0 Å². The first-order valence-electron chi connectivity index (χ1n) is 6.84. The SMILES string of the molecule is CCNC1CCC(c2ccc(C(F)(F)F)cc2)C1C. The molecule has 1 aromatic rings. The fraction of sp³-hybridized carbons (Fsp3) is 0.600. The highest BCUT2D eigenvalue weighted by Crippen LogP contribution is 2.40. The Balaban J connectivity index is 2.11. The van der Waals surface area contributed by atoms with Gasteiger partial charge in [0.15, 0.2) is 0 Å². The molecule has 0 bridgehead atoms. The number of halogens is 3. The topological polar surface area (TPSA) is 12.0 Å². The number of nitrogens with one attached hydrogen (secondary N) is 1. The molecular formula is C15H20F3N. The fourth-order valence-electron chi connectivity index (χ4n) is 3.10. The maximum absolute atomic E-state index is 12.5. The van der Waals surface area contributed by atoms with Crippen LogP contribution in [0.25, 0.3) is 0 Å². The van der Waals surface area contributed by atoms with Gasteiger partial charge >= 0.3 is 6.18 Å². The molecule has 3 unspecified atom stereocenters. The summed E-state index contributed by atoms with van der Waals surface area (Å²) in [6.07, 6.45) is -2.10. The molecule has 1 aromatic carbocycles. The first-order valence-corrected chi connectivity index (χ1v) is 6.84. The second-order valence-electron chi connectivity index (χ2n) is 5.33. The van der Waals surface area contributed by atoms with Gasteiger partial charge in [0.25, 0.3) is 0 Å². The van der Waals surface area contributed by atoms with Gasteiger partial charge in [0, 0.05) is 6.04 Å². The molecule has 19 heavy (non-hydrogen) atoms. The van der Waals surface area contributed by atoms with Crippen molar-refractivity contribution in [3.8, 4) is 0 Å². The third-order valence-electron chi connectivity index (χ3n) is 4.19. The van der Waals surface area contributed by atoms with E-state index in [4.69, 9.17) is 0 Å². The summed E-state index contributed by atoms with van der Waals surface area (Å²) < 4.78 is 37.6. The lowest BCUT2D eigenvalue weighted by atomic mass is 9.88. The van der Waals surface area contributed by atoms with Crippen molar-refractivity contribution in [1.29, 1.82) is 0 Å². The minimum absolute atomic E-state index is 0.367. The quantitative estimate of drug-likeness (QED) is 0.869. The third kappa shape index (κ3) is 3.11. The van der Waals surface area contributed by atoms with Crippen molar-refractivity contribution in [2.75, 3.05) is 6.54 Å². The largest absolute Gasteiger partial charge is 0.416 e. The van der Waals surface area contributed by atoms with Crippen LogP contribution in [0.1, 0.15) is 43.7 Å². The van der Waals surface area contributed by atoms with E-state index in [-0.39, 0.29) is 0 Å². The minimum Gasteiger partial charge on any atom is -0.314 e. The van der Waals surface area contributed by atoms with Gasteiger partial charge in [-0.2, -0.15) is 13.2 Å². The molecule has 0 aliphatic heterocycles. The Kier molecular flexibility index (Phi) is 4.19. The van der Waals surface area contributed by atoms with E-state index in [0.717, 1.165) is 24.9 Å². The van der Waals surface area contributed by atoms with Crippen molar-refractivity contribution in [3.05, 3.63) is 35.4 Å². The van der Waals surface area contributed by atoms with Gasteiger partial charge in [-0.1, -0.05) is 26.0 Å². The molecule has 4 heteroatoms. The summed E-state index contributed by atoms with van der Waals surface area (Å²) in [4.78, 5) is 0. The number of benzene rings is 1. The average Bonchev–Trinajstić information content (AvgIpc) is 2.71. The fourth-order valence-corrected chi connectivity index (χ4v) is 3.10. The lowest BCUT2D eigenvalue weighted by molar-refractivity contribution is -0.137. The number of alkyl halides is 3. The monoisotopic (exact) mass is 271 g/mol. The maximum Gasteiger partial charge on any atom is 0.416 e. The van der Waals surface area contributed by atoms with Gasteiger partial charge in [0.2, 0.25) is 0 Å². The summed E-state index contributed by atoms with van der Waals surface area (Å²) in [6, 6.07) is 6.15. The van der Waals surface area contributed by atoms with Gasteiger partial charge in [0.05, 0.1) is 5.56 Å². The van der Waals surface area contributed by atoms with Crippen LogP contribution in [0, 0.1) is 5.92 Å². The molecule has 0 radical (unpaired) electrons. The number of hydrogen-bond acceptors (Lipinski definition) is 1. The van der Waals surface area contributed by atoms with Crippen LogP contribution in [0.15, 0.2) is 24.3 Å². The number of rotatable bonds is 3. The average molecular weight is 271 g/mol. The maximum atomic E-state index is 12.5. The lowest BCUT2D eigenvalue weighted by Crippen LogP contribution is -2.32. The Bertz CT molecular complexity index is 410. The molecule has 1 aliphatic carbocycles. The zero-order chi connectivity index (χ0) is 14.0. The van der Waals surface area contributed by atoms with Crippen LogP contribution >= 0.6 is 0 Å². The Hall–Kier alpha value is -1.03. The third-order valence-corrected chi connectivity index (χ3v) is 4.19. The Morgan fingerprint density at radius 1 is 1.16 bits per heavy atom. The highest BCUT2D eigenvalue weighted by atomic mass is 19.4. The molecule has 1 aliphatic rings. The Morgan fingerprint density at radius 3 is 2.32 bits per heavy atom. The zero-order valence-corrected chi connectivity index (χ0v) is 11.3. The van der Waals surface area contributed by atoms with Crippen molar-refractivity contribution in [2.45, 2.75) is 44.8 Å². The van der Waals surface area contributed by atoms with Crippen LogP contribution in [0.5, 0.6) is 0 Å². The summed E-state index contributed by atoms with van der Waals surface area (Å²) in [6.45, 7) is 5.20. The van der Waals surface area contributed by atoms with E-state index in [1.807, 2.05) is 0 Å². The van der Waals surface area contributed by atoms with Gasteiger partial charge in [-0.15, -0.1) is 0 Å². The Morgan fingerprint density at radius 2 is 1.79 bits per heavy atom. The zero-order valence-electron chi connectivity index (χ0n) is 11.3. The minimum atomic E-state index is -4.24. The Labute approximate surface area is 112 Å². The highest BCUT2D eigenvalue weighted by Gasteiger charge is 2.34. The van der Waals surface area contributed by atoms with Gasteiger partial charge < -0.3 is 5.32 Å². The first-order chi connectivity index (χ1) is 8.93. The second kappa shape index (κ2) is 5.53. The molecule has 0 amide bonds. The molecule has 3 atom stereocenters. The molecular weight excluding hydrogens is 251 g/mol. The van der Waals surface area contributed by atoms with Gasteiger partial charge in [-0.05, 0) is 48.9 Å². The summed E-state index contributed by atoms with van der Waals surface area (Å²) in [7, 11) is 0. The van der Waals surface area contributed by atoms with Gasteiger partial charge in [-0.25, -0.2) is 0 Å². The van der Waals surface area contributed by atoms with E-state index < -0.39 is 11.7 Å². The van der Waals surface area contributed by atoms with E-state index in [2.05, 4.69) is 19.2 Å². The van der Waals surface area contributed by atoms with Gasteiger partial charge in [0.1, 0.15) is 0 Å². The van der Waals surface area contributed by atoms with Gasteiger partial charge in [-0.3, -0.25) is 0 Å². The molecule has 0 spiro atoms. The predicted octanol–water partition coefficient (Wildman–Crippen LogP) is 4.20. The van der Waals surface area contributed by atoms with E-state index in [1.165, 1.54) is 12.1 Å².